The van der Waals surface area contributed by atoms with Gasteiger partial charge in [-0.1, -0.05) is 62.2 Å². The Bertz CT molecular complexity index is 1250. The highest BCUT2D eigenvalue weighted by Crippen LogP contribution is 2.29. The van der Waals surface area contributed by atoms with E-state index in [2.05, 4.69) is 10.6 Å². The average molecular weight is 526 g/mol. The summed E-state index contributed by atoms with van der Waals surface area (Å²) in [5, 5.41) is 11.1. The number of amides is 3. The molecule has 2 N–H and O–H groups in total. The molecule has 0 bridgehead atoms. The number of hydrogen-bond acceptors (Lipinski definition) is 4. The normalized spacial score (nSPS) is 11.3. The fourth-order valence-corrected chi connectivity index (χ4v) is 4.02. The van der Waals surface area contributed by atoms with Gasteiger partial charge < -0.3 is 20.3 Å². The maximum atomic E-state index is 13.2. The lowest BCUT2D eigenvalue weighted by molar-refractivity contribution is -0.116. The lowest BCUT2D eigenvalue weighted by Crippen LogP contribution is -2.41. The first-order chi connectivity index (χ1) is 17.5. The molecule has 1 aromatic heterocycles. The molecule has 3 amide bonds. The summed E-state index contributed by atoms with van der Waals surface area (Å²) in [5.41, 5.74) is 3.97. The van der Waals surface area contributed by atoms with Crippen molar-refractivity contribution in [1.29, 1.82) is 0 Å². The molecule has 37 heavy (non-hydrogen) atoms. The van der Waals surface area contributed by atoms with Crippen molar-refractivity contribution in [3.63, 3.8) is 0 Å². The lowest BCUT2D eigenvalue weighted by atomic mass is 9.92. The van der Waals surface area contributed by atoms with Crippen molar-refractivity contribution in [2.45, 2.75) is 46.5 Å². The first kappa shape index (κ1) is 28.2. The molecule has 3 aromatic rings. The minimum absolute atomic E-state index is 0.140. The number of ether oxygens (including phenoxy) is 1. The Hall–Kier alpha value is -3.36. The summed E-state index contributed by atoms with van der Waals surface area (Å²) >= 11 is 6.44. The van der Waals surface area contributed by atoms with Crippen LogP contribution in [-0.2, 0) is 14.9 Å². The summed E-state index contributed by atoms with van der Waals surface area (Å²) < 4.78 is 6.78. The number of carbonyl (C=O) groups excluding carboxylic acids is 2. The number of aromatic nitrogens is 2. The zero-order valence-corrected chi connectivity index (χ0v) is 23.1. The van der Waals surface area contributed by atoms with Gasteiger partial charge in [0.15, 0.2) is 0 Å². The molecule has 0 aliphatic rings. The Morgan fingerprint density at radius 2 is 1.81 bits per heavy atom. The van der Waals surface area contributed by atoms with Crippen LogP contribution in [0.2, 0.25) is 5.02 Å². The Morgan fingerprint density at radius 1 is 1.08 bits per heavy atom. The molecule has 9 heteroatoms. The number of nitrogens with one attached hydrogen (secondary N) is 2. The Morgan fingerprint density at radius 3 is 2.46 bits per heavy atom. The number of methoxy groups -OCH3 is 1. The minimum atomic E-state index is -0.354. The molecule has 1 heterocycles. The fraction of sp³-hybridized carbons (Fsp3) is 0.393. The van der Waals surface area contributed by atoms with Crippen molar-refractivity contribution in [3.8, 4) is 5.69 Å². The van der Waals surface area contributed by atoms with Gasteiger partial charge in [0.25, 0.3) is 0 Å². The molecule has 0 fully saturated rings. The molecule has 198 valence electrons. The number of anilines is 2. The van der Waals surface area contributed by atoms with Crippen LogP contribution in [0, 0.1) is 13.8 Å². The monoisotopic (exact) mass is 525 g/mol. The number of benzene rings is 2. The Labute approximate surface area is 223 Å². The summed E-state index contributed by atoms with van der Waals surface area (Å²) in [4.78, 5) is 27.9. The summed E-state index contributed by atoms with van der Waals surface area (Å²) in [6.07, 6.45) is 0.593. The summed E-state index contributed by atoms with van der Waals surface area (Å²) in [6.45, 7) is 10.8. The van der Waals surface area contributed by atoms with Gasteiger partial charge in [-0.15, -0.1) is 0 Å². The highest BCUT2D eigenvalue weighted by atomic mass is 35.5. The molecule has 0 atom stereocenters. The summed E-state index contributed by atoms with van der Waals surface area (Å²) in [5.74, 6) is 0.136. The van der Waals surface area contributed by atoms with Crippen LogP contribution in [0.1, 0.15) is 44.0 Å². The second kappa shape index (κ2) is 12.3. The van der Waals surface area contributed by atoms with Crippen LogP contribution in [0.15, 0.2) is 48.5 Å². The fourth-order valence-electron chi connectivity index (χ4n) is 3.80. The largest absolute Gasteiger partial charge is 0.385 e. The summed E-state index contributed by atoms with van der Waals surface area (Å²) in [6, 6.07) is 14.6. The van der Waals surface area contributed by atoms with Crippen LogP contribution in [0.3, 0.4) is 0 Å². The number of halogens is 1. The first-order valence-corrected chi connectivity index (χ1v) is 12.6. The molecule has 0 spiro atoms. The molecule has 0 saturated carbocycles. The van der Waals surface area contributed by atoms with E-state index in [1.54, 1.807) is 17.9 Å². The molecule has 0 aliphatic heterocycles. The third-order valence-electron chi connectivity index (χ3n) is 5.85. The molecule has 3 rings (SSSR count). The van der Waals surface area contributed by atoms with E-state index in [-0.39, 0.29) is 23.9 Å². The van der Waals surface area contributed by atoms with E-state index in [4.69, 9.17) is 21.4 Å². The quantitative estimate of drug-likeness (QED) is 0.338. The number of aryl methyl sites for hydroxylation is 2. The maximum Gasteiger partial charge on any atom is 0.322 e. The number of hydrogen-bond donors (Lipinski definition) is 2. The van der Waals surface area contributed by atoms with Crippen LogP contribution < -0.4 is 10.6 Å². The van der Waals surface area contributed by atoms with E-state index in [1.807, 2.05) is 77.1 Å². The van der Waals surface area contributed by atoms with E-state index < -0.39 is 0 Å². The van der Waals surface area contributed by atoms with Crippen LogP contribution >= 0.6 is 11.6 Å². The van der Waals surface area contributed by atoms with Crippen molar-refractivity contribution >= 4 is 35.0 Å². The van der Waals surface area contributed by atoms with Gasteiger partial charge in [-0.3, -0.25) is 4.79 Å². The van der Waals surface area contributed by atoms with E-state index in [9.17, 15) is 9.59 Å². The van der Waals surface area contributed by atoms with Gasteiger partial charge in [0.1, 0.15) is 12.4 Å². The summed E-state index contributed by atoms with van der Waals surface area (Å²) in [7, 11) is 1.61. The van der Waals surface area contributed by atoms with Gasteiger partial charge in [0, 0.05) is 37.4 Å². The molecule has 0 aliphatic carbocycles. The van der Waals surface area contributed by atoms with E-state index >= 15 is 0 Å². The van der Waals surface area contributed by atoms with Crippen LogP contribution in [0.5, 0.6) is 0 Å². The molecule has 2 aromatic carbocycles. The van der Waals surface area contributed by atoms with E-state index in [1.165, 1.54) is 4.90 Å². The lowest BCUT2D eigenvalue weighted by Gasteiger charge is -2.23. The predicted octanol–water partition coefficient (Wildman–Crippen LogP) is 5.95. The molecular formula is C28H36ClN5O3. The minimum Gasteiger partial charge on any atom is -0.385 e. The van der Waals surface area contributed by atoms with Crippen molar-refractivity contribution < 1.29 is 14.3 Å². The van der Waals surface area contributed by atoms with Gasteiger partial charge >= 0.3 is 6.03 Å². The molecule has 0 saturated heterocycles. The number of rotatable bonds is 9. The highest BCUT2D eigenvalue weighted by Gasteiger charge is 2.24. The third-order valence-corrected chi connectivity index (χ3v) is 6.17. The number of carbonyl (C=O) groups is 2. The third kappa shape index (κ3) is 7.57. The predicted molar refractivity (Wildman–Crippen MR) is 149 cm³/mol. The first-order valence-electron chi connectivity index (χ1n) is 12.3. The molecule has 0 unspecified atom stereocenters. The van der Waals surface area contributed by atoms with Gasteiger partial charge in [0.2, 0.25) is 5.91 Å². The van der Waals surface area contributed by atoms with E-state index in [0.29, 0.717) is 41.8 Å². The second-order valence-corrected chi connectivity index (χ2v) is 10.5. The molecule has 0 radical (unpaired) electrons. The van der Waals surface area contributed by atoms with Crippen molar-refractivity contribution in [2.75, 3.05) is 37.4 Å². The maximum absolute atomic E-state index is 13.2. The van der Waals surface area contributed by atoms with Crippen LogP contribution in [0.4, 0.5) is 16.3 Å². The average Bonchev–Trinajstić information content (AvgIpc) is 3.24. The Kier molecular flexibility index (Phi) is 9.34. The highest BCUT2D eigenvalue weighted by molar-refractivity contribution is 6.32. The van der Waals surface area contributed by atoms with Crippen LogP contribution in [0.25, 0.3) is 5.69 Å². The van der Waals surface area contributed by atoms with Gasteiger partial charge in [-0.05, 0) is 44.0 Å². The van der Waals surface area contributed by atoms with Crippen LogP contribution in [-0.4, -0.2) is 53.4 Å². The number of nitrogens with zero attached hydrogens (tertiary/aromatic N) is 3. The smallest absolute Gasteiger partial charge is 0.322 e. The Balaban J connectivity index is 1.82. The number of urea groups is 1. The van der Waals surface area contributed by atoms with Crippen molar-refractivity contribution in [1.82, 2.24) is 14.7 Å². The zero-order valence-electron chi connectivity index (χ0n) is 22.4. The second-order valence-electron chi connectivity index (χ2n) is 10.1. The zero-order chi connectivity index (χ0) is 27.2. The van der Waals surface area contributed by atoms with Gasteiger partial charge in [-0.2, -0.15) is 5.10 Å². The molecular weight excluding hydrogens is 490 g/mol. The molecule has 8 nitrogen and oxygen atoms in total. The SMILES string of the molecule is COCCCN(CC(=O)Nc1cc(C(C)(C)C)nn1-c1ccccc1Cl)C(=O)Nc1ccc(C)cc1C. The number of para-hydroxylation sites is 1. The van der Waals surface area contributed by atoms with Gasteiger partial charge in [0.05, 0.1) is 16.4 Å². The van der Waals surface area contributed by atoms with Crippen molar-refractivity contribution in [3.05, 3.63) is 70.4 Å². The standard InChI is InChI=1S/C28H36ClN5O3/c1-19-12-13-22(20(2)16-19)30-27(36)33(14-9-15-37-6)18-26(35)31-25-17-24(28(3,4)5)32-34(25)23-11-8-7-10-21(23)29/h7-8,10-13,16-17H,9,14-15,18H2,1-6H3,(H,30,36)(H,31,35). The van der Waals surface area contributed by atoms with E-state index in [0.717, 1.165) is 16.8 Å². The van der Waals surface area contributed by atoms with Gasteiger partial charge in [-0.25, -0.2) is 9.48 Å². The van der Waals surface area contributed by atoms with Crippen molar-refractivity contribution in [2.24, 2.45) is 0 Å². The topological polar surface area (TPSA) is 88.5 Å².